The molecule has 2 aromatic carbocycles. The Bertz CT molecular complexity index is 1240. The van der Waals surface area contributed by atoms with Crippen LogP contribution < -0.4 is 9.62 Å². The zero-order chi connectivity index (χ0) is 24.6. The van der Waals surface area contributed by atoms with E-state index in [4.69, 9.17) is 0 Å². The number of nitrogens with zero attached hydrogens (tertiary/aromatic N) is 1. The molecule has 0 aromatic heterocycles. The van der Waals surface area contributed by atoms with Crippen LogP contribution in [0.2, 0.25) is 0 Å². The molecule has 3 rings (SSSR count). The van der Waals surface area contributed by atoms with Gasteiger partial charge in [0.1, 0.15) is 0 Å². The lowest BCUT2D eigenvalue weighted by Gasteiger charge is -2.32. The Labute approximate surface area is 198 Å². The molecule has 0 amide bonds. The molecule has 1 heterocycles. The lowest BCUT2D eigenvalue weighted by Crippen LogP contribution is -3.15. The third-order valence-electron chi connectivity index (χ3n) is 7.12. The Morgan fingerprint density at radius 1 is 0.758 bits per heavy atom. The van der Waals surface area contributed by atoms with Crippen LogP contribution in [-0.2, 0) is 20.0 Å². The summed E-state index contributed by atoms with van der Waals surface area (Å²) in [6.45, 7) is 14.6. The van der Waals surface area contributed by atoms with E-state index >= 15 is 0 Å². The number of aryl methyl sites for hydroxylation is 2. The van der Waals surface area contributed by atoms with E-state index in [1.54, 1.807) is 16.4 Å². The average Bonchev–Trinajstić information content (AvgIpc) is 2.76. The van der Waals surface area contributed by atoms with Gasteiger partial charge in [-0.25, -0.2) is 21.6 Å². The highest BCUT2D eigenvalue weighted by atomic mass is 32.2. The van der Waals surface area contributed by atoms with Gasteiger partial charge in [-0.15, -0.1) is 0 Å². The number of rotatable bonds is 7. The minimum absolute atomic E-state index is 0.313. The zero-order valence-electron chi connectivity index (χ0n) is 20.4. The van der Waals surface area contributed by atoms with Crippen LogP contribution in [0.3, 0.4) is 0 Å². The number of sulfonamides is 2. The van der Waals surface area contributed by atoms with Crippen molar-refractivity contribution < 1.29 is 21.7 Å². The van der Waals surface area contributed by atoms with Crippen molar-refractivity contribution in [2.75, 3.05) is 39.3 Å². The largest absolute Gasteiger partial charge is 0.332 e. The zero-order valence-corrected chi connectivity index (χ0v) is 22.1. The van der Waals surface area contributed by atoms with Crippen molar-refractivity contribution in [3.05, 3.63) is 57.6 Å². The van der Waals surface area contributed by atoms with Crippen LogP contribution in [0, 0.1) is 41.5 Å². The molecule has 0 radical (unpaired) electrons. The van der Waals surface area contributed by atoms with Gasteiger partial charge in [0.25, 0.3) is 0 Å². The van der Waals surface area contributed by atoms with E-state index in [9.17, 15) is 16.8 Å². The predicted octanol–water partition coefficient (Wildman–Crippen LogP) is 1.40. The molecule has 1 aliphatic heterocycles. The molecule has 1 aliphatic rings. The topological polar surface area (TPSA) is 88.0 Å². The van der Waals surface area contributed by atoms with Gasteiger partial charge in [-0.1, -0.05) is 12.1 Å². The highest BCUT2D eigenvalue weighted by Crippen LogP contribution is 2.24. The molecule has 0 spiro atoms. The molecule has 0 aliphatic carbocycles. The fraction of sp³-hybridized carbons (Fsp3) is 0.500. The van der Waals surface area contributed by atoms with Crippen LogP contribution in [0.5, 0.6) is 0 Å². The Hall–Kier alpha value is -1.78. The minimum Gasteiger partial charge on any atom is -0.332 e. The number of quaternary nitrogens is 1. The summed E-state index contributed by atoms with van der Waals surface area (Å²) in [5.41, 5.74) is 5.72. The second-order valence-electron chi connectivity index (χ2n) is 9.06. The lowest BCUT2D eigenvalue weighted by atomic mass is 10.1. The van der Waals surface area contributed by atoms with Gasteiger partial charge in [-0.3, -0.25) is 0 Å². The molecule has 0 unspecified atom stereocenters. The maximum Gasteiger partial charge on any atom is 0.243 e. The summed E-state index contributed by atoms with van der Waals surface area (Å²) in [4.78, 5) is 1.89. The standard InChI is InChI=1S/C24H35N3O4S2/c1-17-7-9-23(21(5)19(17)3)32(28,29)25-11-12-26-13-15-27(16-14-26)33(30,31)24-10-8-18(2)20(4)22(24)6/h7-10,25H,11-16H2,1-6H3/p+1. The van der Waals surface area contributed by atoms with Gasteiger partial charge in [0, 0.05) is 0 Å². The van der Waals surface area contributed by atoms with Crippen molar-refractivity contribution >= 4 is 20.0 Å². The van der Waals surface area contributed by atoms with Crippen molar-refractivity contribution in [3.63, 3.8) is 0 Å². The Morgan fingerprint density at radius 3 is 1.79 bits per heavy atom. The SMILES string of the molecule is Cc1ccc(S(=O)(=O)NCC[NH+]2CCN(S(=O)(=O)c3ccc(C)c(C)c3C)CC2)c(C)c1C. The second-order valence-corrected chi connectivity index (χ2v) is 12.7. The van der Waals surface area contributed by atoms with Gasteiger partial charge in [0.15, 0.2) is 0 Å². The third-order valence-corrected chi connectivity index (χ3v) is 10.8. The Morgan fingerprint density at radius 2 is 1.24 bits per heavy atom. The van der Waals surface area contributed by atoms with Crippen LogP contribution in [0.1, 0.15) is 33.4 Å². The van der Waals surface area contributed by atoms with E-state index in [0.29, 0.717) is 49.1 Å². The van der Waals surface area contributed by atoms with Crippen molar-refractivity contribution in [3.8, 4) is 0 Å². The number of hydrogen-bond acceptors (Lipinski definition) is 4. The number of hydrogen-bond donors (Lipinski definition) is 2. The molecule has 0 saturated carbocycles. The number of nitrogens with one attached hydrogen (secondary N) is 2. The summed E-state index contributed by atoms with van der Waals surface area (Å²) in [5.74, 6) is 0. The van der Waals surface area contributed by atoms with Crippen LogP contribution in [-0.4, -0.2) is 60.4 Å². The van der Waals surface area contributed by atoms with Crippen LogP contribution in [0.15, 0.2) is 34.1 Å². The first-order valence-electron chi connectivity index (χ1n) is 11.3. The van der Waals surface area contributed by atoms with Gasteiger partial charge in [0.05, 0.1) is 49.1 Å². The van der Waals surface area contributed by atoms with Gasteiger partial charge in [0.2, 0.25) is 20.0 Å². The maximum atomic E-state index is 13.2. The fourth-order valence-electron chi connectivity index (χ4n) is 4.30. The normalized spacial score (nSPS) is 16.3. The lowest BCUT2D eigenvalue weighted by molar-refractivity contribution is -0.902. The molecule has 9 heteroatoms. The van der Waals surface area contributed by atoms with E-state index in [2.05, 4.69) is 4.72 Å². The van der Waals surface area contributed by atoms with E-state index in [1.165, 1.54) is 4.90 Å². The first-order valence-corrected chi connectivity index (χ1v) is 14.3. The van der Waals surface area contributed by atoms with Gasteiger partial charge >= 0.3 is 0 Å². The highest BCUT2D eigenvalue weighted by molar-refractivity contribution is 7.89. The summed E-state index contributed by atoms with van der Waals surface area (Å²) < 4.78 is 56.2. The molecule has 0 atom stereocenters. The molecular weight excluding hydrogens is 458 g/mol. The van der Waals surface area contributed by atoms with E-state index in [0.717, 1.165) is 33.4 Å². The van der Waals surface area contributed by atoms with Crippen LogP contribution in [0.25, 0.3) is 0 Å². The molecule has 7 nitrogen and oxygen atoms in total. The molecule has 182 valence electrons. The summed E-state index contributed by atoms with van der Waals surface area (Å²) in [6, 6.07) is 7.06. The Balaban J connectivity index is 1.58. The molecule has 2 aromatic rings. The number of benzene rings is 2. The van der Waals surface area contributed by atoms with Gasteiger partial charge in [-0.2, -0.15) is 4.31 Å². The smallest absolute Gasteiger partial charge is 0.243 e. The number of piperazine rings is 1. The van der Waals surface area contributed by atoms with Crippen molar-refractivity contribution in [2.24, 2.45) is 0 Å². The molecular formula is C24H36N3O4S2+. The van der Waals surface area contributed by atoms with Crippen LogP contribution >= 0.6 is 0 Å². The summed E-state index contributed by atoms with van der Waals surface area (Å²) in [5, 5.41) is 0. The van der Waals surface area contributed by atoms with Crippen molar-refractivity contribution in [1.82, 2.24) is 9.03 Å². The summed E-state index contributed by atoms with van der Waals surface area (Å²) in [7, 11) is -7.12. The van der Waals surface area contributed by atoms with E-state index in [-0.39, 0.29) is 0 Å². The quantitative estimate of drug-likeness (QED) is 0.609. The molecule has 1 saturated heterocycles. The first kappa shape index (κ1) is 25.8. The van der Waals surface area contributed by atoms with Gasteiger partial charge < -0.3 is 4.90 Å². The third kappa shape index (κ3) is 5.33. The van der Waals surface area contributed by atoms with E-state index in [1.807, 2.05) is 53.7 Å². The summed E-state index contributed by atoms with van der Waals surface area (Å²) >= 11 is 0. The van der Waals surface area contributed by atoms with Crippen molar-refractivity contribution in [1.29, 1.82) is 0 Å². The van der Waals surface area contributed by atoms with Crippen molar-refractivity contribution in [2.45, 2.75) is 51.3 Å². The Kier molecular flexibility index (Phi) is 7.70. The van der Waals surface area contributed by atoms with Gasteiger partial charge in [-0.05, 0) is 87.1 Å². The highest BCUT2D eigenvalue weighted by Gasteiger charge is 2.32. The molecule has 0 bridgehead atoms. The monoisotopic (exact) mass is 494 g/mol. The molecule has 1 fully saturated rings. The average molecular weight is 495 g/mol. The molecule has 33 heavy (non-hydrogen) atoms. The summed E-state index contributed by atoms with van der Waals surface area (Å²) in [6.07, 6.45) is 0. The first-order chi connectivity index (χ1) is 15.4. The van der Waals surface area contributed by atoms with E-state index < -0.39 is 20.0 Å². The predicted molar refractivity (Wildman–Crippen MR) is 131 cm³/mol. The molecule has 2 N–H and O–H groups in total. The van der Waals surface area contributed by atoms with Crippen LogP contribution in [0.4, 0.5) is 0 Å². The second kappa shape index (κ2) is 9.84. The fourth-order valence-corrected chi connectivity index (χ4v) is 7.36. The maximum absolute atomic E-state index is 13.2. The minimum atomic E-state index is -3.58.